The highest BCUT2D eigenvalue weighted by atomic mass is 79.9. The van der Waals surface area contributed by atoms with Crippen LogP contribution in [0, 0.1) is 35.5 Å². The number of rotatable bonds is 6. The minimum atomic E-state index is -0.0748. The van der Waals surface area contributed by atoms with Gasteiger partial charge in [-0.15, -0.1) is 0 Å². The number of benzene rings is 1. The lowest BCUT2D eigenvalue weighted by Crippen LogP contribution is -2.33. The second-order valence-corrected chi connectivity index (χ2v) is 16.2. The minimum Gasteiger partial charge on any atom is -0.372 e. The highest BCUT2D eigenvalue weighted by Gasteiger charge is 2.43. The van der Waals surface area contributed by atoms with Crippen LogP contribution < -0.4 is 0 Å². The molecular formula is C36H48Br2O2. The summed E-state index contributed by atoms with van der Waals surface area (Å²) < 4.78 is 15.2. The Morgan fingerprint density at radius 2 is 1.02 bits per heavy atom. The monoisotopic (exact) mass is 670 g/mol. The van der Waals surface area contributed by atoms with Crippen LogP contribution in [0.2, 0.25) is 0 Å². The number of ether oxygens (including phenoxy) is 2. The Bertz CT molecular complexity index is 1070. The van der Waals surface area contributed by atoms with E-state index in [1.54, 1.807) is 0 Å². The van der Waals surface area contributed by atoms with Crippen molar-refractivity contribution in [3.63, 3.8) is 0 Å². The molecule has 2 nitrogen and oxygen atoms in total. The fourth-order valence-corrected chi connectivity index (χ4v) is 8.66. The zero-order valence-electron chi connectivity index (χ0n) is 25.2. The first-order valence-electron chi connectivity index (χ1n) is 15.4. The number of hydrogen-bond donors (Lipinski definition) is 0. The molecule has 0 spiro atoms. The van der Waals surface area contributed by atoms with Crippen molar-refractivity contribution in [3.8, 4) is 0 Å². The van der Waals surface area contributed by atoms with Crippen LogP contribution in [0.1, 0.15) is 91.2 Å². The van der Waals surface area contributed by atoms with Gasteiger partial charge in [-0.1, -0.05) is 80.5 Å². The molecule has 8 atom stereocenters. The van der Waals surface area contributed by atoms with Crippen LogP contribution in [-0.4, -0.2) is 23.4 Å². The first-order chi connectivity index (χ1) is 18.9. The van der Waals surface area contributed by atoms with E-state index in [-0.39, 0.29) is 11.2 Å². The molecule has 4 aliphatic rings. The van der Waals surface area contributed by atoms with E-state index in [9.17, 15) is 0 Å². The fraction of sp³-hybridized carbons (Fsp3) is 0.611. The quantitative estimate of drug-likeness (QED) is 0.280. The standard InChI is InChI=1S/C36H48Br2O2/c1-35(2,3)39-33-19-17-27-23(9-7-11-29(27)33)13-15-25-21-32(38)26(22-31(25)37)16-14-24-10-8-12-30-28(24)18-20-34(30)40-36(4,5)6/h7-10,13-16,21-24,27-30,33-34H,11-12,17-20H2,1-6H3/b15-13-,16-14-/t23-,24-,27-,28-,29-,30-,33-,34-/m0/s1. The van der Waals surface area contributed by atoms with Crippen LogP contribution in [0.25, 0.3) is 12.2 Å². The van der Waals surface area contributed by atoms with Crippen molar-refractivity contribution < 1.29 is 9.47 Å². The fourth-order valence-electron chi connectivity index (χ4n) is 7.68. The summed E-state index contributed by atoms with van der Waals surface area (Å²) in [6.45, 7) is 13.1. The van der Waals surface area contributed by atoms with Gasteiger partial charge in [0, 0.05) is 8.95 Å². The highest BCUT2D eigenvalue weighted by Crippen LogP contribution is 2.47. The van der Waals surface area contributed by atoms with Gasteiger partial charge in [0.2, 0.25) is 0 Å². The lowest BCUT2D eigenvalue weighted by molar-refractivity contribution is -0.0803. The van der Waals surface area contributed by atoms with E-state index >= 15 is 0 Å². The topological polar surface area (TPSA) is 18.5 Å². The number of allylic oxidation sites excluding steroid dienone is 6. The van der Waals surface area contributed by atoms with Crippen LogP contribution in [0.5, 0.6) is 0 Å². The van der Waals surface area contributed by atoms with Crippen molar-refractivity contribution in [1.29, 1.82) is 0 Å². The molecule has 2 saturated carbocycles. The van der Waals surface area contributed by atoms with Gasteiger partial charge >= 0.3 is 0 Å². The Morgan fingerprint density at radius 3 is 1.40 bits per heavy atom. The van der Waals surface area contributed by atoms with Gasteiger partial charge in [-0.25, -0.2) is 0 Å². The SMILES string of the molecule is CC(C)(C)O[C@H]1CC[C@@H]2[C@@H]1CC=C[C@H]2/C=C\c1cc(Br)c(/C=C\[C@@H]2C=CC[C@H]3[C@H]2CC[C@@H]3OC(C)(C)C)cc1Br. The predicted molar refractivity (Wildman–Crippen MR) is 176 cm³/mol. The minimum absolute atomic E-state index is 0.0748. The third-order valence-electron chi connectivity index (χ3n) is 9.27. The van der Waals surface area contributed by atoms with Crippen LogP contribution >= 0.6 is 31.9 Å². The van der Waals surface area contributed by atoms with Crippen LogP contribution in [0.3, 0.4) is 0 Å². The molecule has 0 unspecified atom stereocenters. The Labute approximate surface area is 260 Å². The lowest BCUT2D eigenvalue weighted by atomic mass is 9.77. The molecule has 1 aromatic carbocycles. The second kappa shape index (κ2) is 12.3. The van der Waals surface area contributed by atoms with E-state index in [0.29, 0.717) is 47.7 Å². The molecule has 40 heavy (non-hydrogen) atoms. The number of fused-ring (bicyclic) bond motifs is 2. The van der Waals surface area contributed by atoms with Crippen LogP contribution in [0.15, 0.2) is 57.5 Å². The van der Waals surface area contributed by atoms with E-state index in [0.717, 1.165) is 21.8 Å². The average molecular weight is 673 g/mol. The molecule has 0 bridgehead atoms. The lowest BCUT2D eigenvalue weighted by Gasteiger charge is -2.34. The summed E-state index contributed by atoms with van der Waals surface area (Å²) in [6.07, 6.45) is 27.0. The van der Waals surface area contributed by atoms with Crippen molar-refractivity contribution in [2.75, 3.05) is 0 Å². The summed E-state index contributed by atoms with van der Waals surface area (Å²) in [4.78, 5) is 0. The molecule has 4 heteroatoms. The number of halogens is 2. The van der Waals surface area contributed by atoms with Crippen LogP contribution in [-0.2, 0) is 9.47 Å². The molecule has 5 rings (SSSR count). The Morgan fingerprint density at radius 1 is 0.625 bits per heavy atom. The van der Waals surface area contributed by atoms with Crippen molar-refractivity contribution in [1.82, 2.24) is 0 Å². The number of hydrogen-bond acceptors (Lipinski definition) is 2. The van der Waals surface area contributed by atoms with Crippen molar-refractivity contribution >= 4 is 44.0 Å². The molecule has 4 aliphatic carbocycles. The summed E-state index contributed by atoms with van der Waals surface area (Å²) >= 11 is 7.76. The molecule has 0 aliphatic heterocycles. The summed E-state index contributed by atoms with van der Waals surface area (Å²) in [6, 6.07) is 4.51. The summed E-state index contributed by atoms with van der Waals surface area (Å²) in [7, 11) is 0. The van der Waals surface area contributed by atoms with Crippen molar-refractivity contribution in [2.45, 2.75) is 103 Å². The molecule has 0 radical (unpaired) electrons. The molecule has 2 fully saturated rings. The Kier molecular flexibility index (Phi) is 9.42. The molecule has 0 N–H and O–H groups in total. The van der Waals surface area contributed by atoms with Crippen LogP contribution in [0.4, 0.5) is 0 Å². The van der Waals surface area contributed by atoms with Crippen molar-refractivity contribution in [2.24, 2.45) is 35.5 Å². The third kappa shape index (κ3) is 7.33. The maximum atomic E-state index is 6.45. The van der Waals surface area contributed by atoms with Gasteiger partial charge in [0.15, 0.2) is 0 Å². The molecular weight excluding hydrogens is 624 g/mol. The predicted octanol–water partition coefficient (Wildman–Crippen LogP) is 10.8. The zero-order chi connectivity index (χ0) is 28.7. The summed E-state index contributed by atoms with van der Waals surface area (Å²) in [5, 5.41) is 0. The van der Waals surface area contributed by atoms with Gasteiger partial charge in [0.1, 0.15) is 0 Å². The van der Waals surface area contributed by atoms with Gasteiger partial charge in [-0.2, -0.15) is 0 Å². The highest BCUT2D eigenvalue weighted by molar-refractivity contribution is 9.11. The second-order valence-electron chi connectivity index (χ2n) is 14.4. The van der Waals surface area contributed by atoms with Gasteiger partial charge in [0.05, 0.1) is 23.4 Å². The maximum absolute atomic E-state index is 6.45. The maximum Gasteiger partial charge on any atom is 0.0616 e. The molecule has 1 aromatic rings. The molecule has 0 aromatic heterocycles. The first-order valence-corrected chi connectivity index (χ1v) is 17.0. The van der Waals surface area contributed by atoms with E-state index in [4.69, 9.17) is 9.47 Å². The Hall–Kier alpha value is -0.940. The largest absolute Gasteiger partial charge is 0.372 e. The average Bonchev–Trinajstić information content (AvgIpc) is 3.46. The van der Waals surface area contributed by atoms with Gasteiger partial charge in [0.25, 0.3) is 0 Å². The molecule has 218 valence electrons. The molecule has 0 amide bonds. The van der Waals surface area contributed by atoms with E-state index in [2.05, 4.69) is 134 Å². The molecule has 0 heterocycles. The first kappa shape index (κ1) is 30.5. The summed E-state index contributed by atoms with van der Waals surface area (Å²) in [5.41, 5.74) is 2.29. The zero-order valence-corrected chi connectivity index (χ0v) is 28.4. The van der Waals surface area contributed by atoms with Gasteiger partial charge in [-0.05, 0) is 139 Å². The van der Waals surface area contributed by atoms with E-state index < -0.39 is 0 Å². The summed E-state index contributed by atoms with van der Waals surface area (Å²) in [5.74, 6) is 3.56. The van der Waals surface area contributed by atoms with Crippen molar-refractivity contribution in [3.05, 3.63) is 68.7 Å². The van der Waals surface area contributed by atoms with E-state index in [1.807, 2.05) is 0 Å². The van der Waals surface area contributed by atoms with Gasteiger partial charge < -0.3 is 9.47 Å². The van der Waals surface area contributed by atoms with E-state index in [1.165, 1.54) is 36.8 Å². The normalized spacial score (nSPS) is 34.2. The molecule has 0 saturated heterocycles. The van der Waals surface area contributed by atoms with Gasteiger partial charge in [-0.3, -0.25) is 0 Å². The third-order valence-corrected chi connectivity index (χ3v) is 10.6. The smallest absolute Gasteiger partial charge is 0.0616 e. The Balaban J connectivity index is 1.25.